The van der Waals surface area contributed by atoms with E-state index >= 15 is 0 Å². The maximum atomic E-state index is 13.1. The Labute approximate surface area is 176 Å². The molecule has 0 bridgehead atoms. The predicted molar refractivity (Wildman–Crippen MR) is 114 cm³/mol. The third kappa shape index (κ3) is 4.30. The van der Waals surface area contributed by atoms with Gasteiger partial charge in [0.2, 0.25) is 0 Å². The minimum absolute atomic E-state index is 0.116. The molecule has 31 heavy (non-hydrogen) atoms. The molecule has 4 rings (SSSR count). The Hall–Kier alpha value is -4.01. The first-order valence-electron chi connectivity index (χ1n) is 9.69. The fourth-order valence-electron chi connectivity index (χ4n) is 3.54. The highest BCUT2D eigenvalue weighted by atomic mass is 19.1. The van der Waals surface area contributed by atoms with Crippen molar-refractivity contribution in [2.45, 2.75) is 26.2 Å². The number of halogens is 1. The molecule has 0 aliphatic heterocycles. The number of carbonyl (C=O) groups is 1. The molecule has 0 saturated heterocycles. The summed E-state index contributed by atoms with van der Waals surface area (Å²) in [5.41, 5.74) is 5.94. The summed E-state index contributed by atoms with van der Waals surface area (Å²) < 4.78 is 18.9. The van der Waals surface area contributed by atoms with Crippen molar-refractivity contribution >= 4 is 28.7 Å². The van der Waals surface area contributed by atoms with Crippen LogP contribution in [0.5, 0.6) is 0 Å². The zero-order valence-corrected chi connectivity index (χ0v) is 16.6. The summed E-state index contributed by atoms with van der Waals surface area (Å²) in [6.07, 6.45) is 2.19. The van der Waals surface area contributed by atoms with Crippen LogP contribution in [0.15, 0.2) is 58.0 Å². The van der Waals surface area contributed by atoms with E-state index < -0.39 is 10.8 Å². The van der Waals surface area contributed by atoms with E-state index in [2.05, 4.69) is 15.8 Å². The molecule has 1 amide bonds. The Bertz CT molecular complexity index is 1180. The van der Waals surface area contributed by atoms with Crippen LogP contribution in [0.1, 0.15) is 40.3 Å². The summed E-state index contributed by atoms with van der Waals surface area (Å²) in [7, 11) is 0. The van der Waals surface area contributed by atoms with Crippen LogP contribution >= 0.6 is 0 Å². The van der Waals surface area contributed by atoms with Crippen LogP contribution in [0.4, 0.5) is 21.5 Å². The molecular formula is C22H19FN4O4. The lowest BCUT2D eigenvalue weighted by molar-refractivity contribution is -0.384. The highest BCUT2D eigenvalue weighted by Crippen LogP contribution is 2.31. The molecule has 9 heteroatoms. The van der Waals surface area contributed by atoms with Crippen LogP contribution in [-0.4, -0.2) is 16.5 Å². The number of amides is 1. The lowest BCUT2D eigenvalue weighted by atomic mass is 9.93. The molecule has 1 aromatic heterocycles. The molecule has 3 aromatic rings. The second-order valence-corrected chi connectivity index (χ2v) is 7.15. The zero-order valence-electron chi connectivity index (χ0n) is 16.6. The second kappa shape index (κ2) is 8.39. The average molecular weight is 422 g/mol. The minimum atomic E-state index is -0.524. The van der Waals surface area contributed by atoms with E-state index in [1.165, 1.54) is 30.3 Å². The molecule has 0 unspecified atom stereocenters. The fourth-order valence-corrected chi connectivity index (χ4v) is 3.54. The number of nitrogens with one attached hydrogen (secondary N) is 2. The van der Waals surface area contributed by atoms with Gasteiger partial charge in [-0.2, -0.15) is 5.10 Å². The molecule has 2 N–H and O–H groups in total. The van der Waals surface area contributed by atoms with Gasteiger partial charge in [-0.3, -0.25) is 20.3 Å². The van der Waals surface area contributed by atoms with Gasteiger partial charge < -0.3 is 9.73 Å². The maximum Gasteiger partial charge on any atom is 0.291 e. The van der Waals surface area contributed by atoms with Crippen LogP contribution in [-0.2, 0) is 6.42 Å². The Morgan fingerprint density at radius 3 is 2.68 bits per heavy atom. The van der Waals surface area contributed by atoms with E-state index in [4.69, 9.17) is 4.42 Å². The lowest BCUT2D eigenvalue weighted by Gasteiger charge is -2.13. The zero-order chi connectivity index (χ0) is 22.0. The Morgan fingerprint density at radius 1 is 1.16 bits per heavy atom. The van der Waals surface area contributed by atoms with Gasteiger partial charge in [0.15, 0.2) is 5.76 Å². The Kier molecular flexibility index (Phi) is 5.48. The molecule has 0 spiro atoms. The molecule has 2 aromatic carbocycles. The van der Waals surface area contributed by atoms with Crippen molar-refractivity contribution in [3.05, 3.63) is 87.1 Å². The summed E-state index contributed by atoms with van der Waals surface area (Å²) in [4.78, 5) is 23.2. The summed E-state index contributed by atoms with van der Waals surface area (Å²) >= 11 is 0. The Balaban J connectivity index is 1.58. The van der Waals surface area contributed by atoms with Crippen LogP contribution in [0.3, 0.4) is 0 Å². The summed E-state index contributed by atoms with van der Waals surface area (Å²) in [5, 5.41) is 18.1. The molecular weight excluding hydrogens is 403 g/mol. The van der Waals surface area contributed by atoms with Crippen LogP contribution in [0.2, 0.25) is 0 Å². The van der Waals surface area contributed by atoms with Crippen LogP contribution in [0, 0.1) is 22.9 Å². The van der Waals surface area contributed by atoms with Gasteiger partial charge in [-0.1, -0.05) is 6.07 Å². The van der Waals surface area contributed by atoms with Gasteiger partial charge in [-0.25, -0.2) is 4.39 Å². The number of nitro groups is 1. The standard InChI is InChI=1S/C22H19FN4O4/c1-13-20-18(26-25-15-10-8-14(23)9-11-15)6-3-7-19(20)31-21(13)22(28)24-16-4-2-5-17(12-16)27(29)30/h2,4-5,8-12,25H,3,6-7H2,1H3,(H,24,28)/b26-18+. The first-order valence-corrected chi connectivity index (χ1v) is 9.69. The molecule has 158 valence electrons. The number of aryl methyl sites for hydroxylation is 1. The third-order valence-electron chi connectivity index (χ3n) is 5.01. The SMILES string of the molecule is Cc1c(C(=O)Nc2cccc([N+](=O)[O-])c2)oc2c1/C(=N/Nc1ccc(F)cc1)CCC2. The minimum Gasteiger partial charge on any atom is -0.455 e. The van der Waals surface area contributed by atoms with E-state index in [-0.39, 0.29) is 17.3 Å². The number of hydrogen-bond donors (Lipinski definition) is 2. The molecule has 1 aliphatic rings. The van der Waals surface area contributed by atoms with Crippen molar-refractivity contribution in [1.29, 1.82) is 0 Å². The van der Waals surface area contributed by atoms with Crippen LogP contribution < -0.4 is 10.7 Å². The molecule has 1 heterocycles. The van der Waals surface area contributed by atoms with Crippen molar-refractivity contribution in [2.75, 3.05) is 10.7 Å². The number of benzene rings is 2. The number of furan rings is 1. The number of hydrogen-bond acceptors (Lipinski definition) is 6. The topological polar surface area (TPSA) is 110 Å². The number of anilines is 2. The fraction of sp³-hybridized carbons (Fsp3) is 0.182. The number of fused-ring (bicyclic) bond motifs is 1. The van der Waals surface area contributed by atoms with Crippen molar-refractivity contribution in [2.24, 2.45) is 5.10 Å². The van der Waals surface area contributed by atoms with Crippen molar-refractivity contribution in [1.82, 2.24) is 0 Å². The van der Waals surface area contributed by atoms with Gasteiger partial charge in [-0.05, 0) is 50.1 Å². The first kappa shape index (κ1) is 20.3. The predicted octanol–water partition coefficient (Wildman–Crippen LogP) is 5.04. The van der Waals surface area contributed by atoms with Crippen molar-refractivity contribution < 1.29 is 18.5 Å². The van der Waals surface area contributed by atoms with Gasteiger partial charge in [0, 0.05) is 35.4 Å². The first-order chi connectivity index (χ1) is 14.9. The van der Waals surface area contributed by atoms with Crippen LogP contribution in [0.25, 0.3) is 0 Å². The number of non-ortho nitro benzene ring substituents is 1. The van der Waals surface area contributed by atoms with E-state index in [1.807, 2.05) is 0 Å². The van der Waals surface area contributed by atoms with E-state index in [1.54, 1.807) is 25.1 Å². The van der Waals surface area contributed by atoms with E-state index in [0.717, 1.165) is 17.7 Å². The molecule has 0 radical (unpaired) electrons. The summed E-state index contributed by atoms with van der Waals surface area (Å²) in [6.45, 7) is 1.78. The average Bonchev–Trinajstić information content (AvgIpc) is 3.11. The second-order valence-electron chi connectivity index (χ2n) is 7.15. The van der Waals surface area contributed by atoms with Crippen molar-refractivity contribution in [3.8, 4) is 0 Å². The summed E-state index contributed by atoms with van der Waals surface area (Å²) in [6, 6.07) is 11.6. The number of carbonyl (C=O) groups excluding carboxylic acids is 1. The van der Waals surface area contributed by atoms with E-state index in [0.29, 0.717) is 35.5 Å². The smallest absolute Gasteiger partial charge is 0.291 e. The number of nitro benzene ring substituents is 1. The molecule has 8 nitrogen and oxygen atoms in total. The summed E-state index contributed by atoms with van der Waals surface area (Å²) in [5.74, 6) is 0.00182. The number of nitrogens with zero attached hydrogens (tertiary/aromatic N) is 2. The maximum absolute atomic E-state index is 13.1. The quantitative estimate of drug-likeness (QED) is 0.442. The largest absolute Gasteiger partial charge is 0.455 e. The van der Waals surface area contributed by atoms with Gasteiger partial charge in [0.1, 0.15) is 11.6 Å². The van der Waals surface area contributed by atoms with E-state index in [9.17, 15) is 19.3 Å². The molecule has 1 aliphatic carbocycles. The lowest BCUT2D eigenvalue weighted by Crippen LogP contribution is -2.14. The van der Waals surface area contributed by atoms with Gasteiger partial charge in [-0.15, -0.1) is 0 Å². The highest BCUT2D eigenvalue weighted by Gasteiger charge is 2.28. The highest BCUT2D eigenvalue weighted by molar-refractivity contribution is 6.09. The van der Waals surface area contributed by atoms with Gasteiger partial charge in [0.05, 0.1) is 16.3 Å². The molecule has 0 saturated carbocycles. The number of rotatable bonds is 5. The monoisotopic (exact) mass is 422 g/mol. The molecule has 0 fully saturated rings. The number of hydrazone groups is 1. The third-order valence-corrected chi connectivity index (χ3v) is 5.01. The van der Waals surface area contributed by atoms with Gasteiger partial charge >= 0.3 is 0 Å². The van der Waals surface area contributed by atoms with Crippen molar-refractivity contribution in [3.63, 3.8) is 0 Å². The normalized spacial score (nSPS) is 14.2. The Morgan fingerprint density at radius 2 is 1.94 bits per heavy atom. The van der Waals surface area contributed by atoms with Gasteiger partial charge in [0.25, 0.3) is 11.6 Å². The molecule has 0 atom stereocenters.